The maximum absolute atomic E-state index is 12.5. The largest absolute Gasteiger partial charge is 0.493 e. The van der Waals surface area contributed by atoms with E-state index in [1.165, 1.54) is 18.4 Å². The van der Waals surface area contributed by atoms with E-state index < -0.39 is 10.0 Å². The van der Waals surface area contributed by atoms with Crippen LogP contribution < -0.4 is 20.1 Å². The summed E-state index contributed by atoms with van der Waals surface area (Å²) in [6.07, 6.45) is 0. The van der Waals surface area contributed by atoms with Gasteiger partial charge in [-0.15, -0.1) is 24.0 Å². The van der Waals surface area contributed by atoms with Crippen LogP contribution in [0.15, 0.2) is 52.4 Å². The molecule has 0 saturated heterocycles. The molecule has 29 heavy (non-hydrogen) atoms. The fourth-order valence-electron chi connectivity index (χ4n) is 2.51. The molecule has 0 amide bonds. The first kappa shape index (κ1) is 25.0. The third-order valence-electron chi connectivity index (χ3n) is 4.05. The number of methoxy groups -OCH3 is 2. The van der Waals surface area contributed by atoms with Crippen LogP contribution in [0.25, 0.3) is 0 Å². The molecule has 2 aromatic carbocycles. The van der Waals surface area contributed by atoms with Crippen LogP contribution in [0.1, 0.15) is 5.56 Å². The van der Waals surface area contributed by atoms with Crippen molar-refractivity contribution >= 4 is 45.6 Å². The van der Waals surface area contributed by atoms with Gasteiger partial charge in [0, 0.05) is 39.4 Å². The highest BCUT2D eigenvalue weighted by Crippen LogP contribution is 2.29. The average Bonchev–Trinajstić information content (AvgIpc) is 2.70. The molecule has 0 saturated carbocycles. The van der Waals surface area contributed by atoms with Crippen LogP contribution in [0.3, 0.4) is 0 Å². The molecular weight excluding hydrogens is 507 g/mol. The van der Waals surface area contributed by atoms with E-state index in [9.17, 15) is 8.42 Å². The fourth-order valence-corrected chi connectivity index (χ4v) is 3.62. The molecule has 0 aliphatic rings. The standard InChI is InChI=1S/C19H26N4O4S.HI/c1-20-19(22-15-10-11-16(26-4)17(12-15)27-5)21-13-14-8-6-7-9-18(14)28(24,25)23(2)3;/h6-12H,13H2,1-5H3,(H2,20,21,22);1H. The third-order valence-corrected chi connectivity index (χ3v) is 5.96. The highest BCUT2D eigenvalue weighted by Gasteiger charge is 2.20. The number of hydrogen-bond acceptors (Lipinski definition) is 5. The normalized spacial score (nSPS) is 11.6. The van der Waals surface area contributed by atoms with Crippen LogP contribution in [0, 0.1) is 0 Å². The monoisotopic (exact) mass is 534 g/mol. The summed E-state index contributed by atoms with van der Waals surface area (Å²) in [5.74, 6) is 1.70. The summed E-state index contributed by atoms with van der Waals surface area (Å²) >= 11 is 0. The number of nitrogens with one attached hydrogen (secondary N) is 2. The number of hydrogen-bond donors (Lipinski definition) is 2. The molecule has 2 aromatic rings. The fraction of sp³-hybridized carbons (Fsp3) is 0.316. The van der Waals surface area contributed by atoms with Gasteiger partial charge >= 0.3 is 0 Å². The molecule has 0 aromatic heterocycles. The number of guanidine groups is 1. The van der Waals surface area contributed by atoms with Gasteiger partial charge in [0.15, 0.2) is 17.5 Å². The Kier molecular flexibility index (Phi) is 9.66. The first-order chi connectivity index (χ1) is 13.3. The molecule has 0 aliphatic heterocycles. The van der Waals surface area contributed by atoms with Crippen molar-refractivity contribution < 1.29 is 17.9 Å². The third kappa shape index (κ3) is 6.21. The van der Waals surface area contributed by atoms with Crippen molar-refractivity contribution in [2.24, 2.45) is 4.99 Å². The smallest absolute Gasteiger partial charge is 0.242 e. The summed E-state index contributed by atoms with van der Waals surface area (Å²) in [6, 6.07) is 12.3. The molecule has 0 unspecified atom stereocenters. The molecule has 0 heterocycles. The van der Waals surface area contributed by atoms with Crippen molar-refractivity contribution in [1.82, 2.24) is 9.62 Å². The number of aliphatic imine (C=N–C) groups is 1. The van der Waals surface area contributed by atoms with E-state index in [0.29, 0.717) is 23.0 Å². The number of halogens is 1. The maximum atomic E-state index is 12.5. The Bertz CT molecular complexity index is 949. The van der Waals surface area contributed by atoms with Gasteiger partial charge in [-0.3, -0.25) is 4.99 Å². The Labute approximate surface area is 189 Å². The van der Waals surface area contributed by atoms with Gasteiger partial charge in [0.2, 0.25) is 10.0 Å². The number of nitrogens with zero attached hydrogens (tertiary/aromatic N) is 2. The summed E-state index contributed by atoms with van der Waals surface area (Å²) in [4.78, 5) is 4.44. The lowest BCUT2D eigenvalue weighted by Crippen LogP contribution is -2.31. The van der Waals surface area contributed by atoms with Crippen LogP contribution in [0.5, 0.6) is 11.5 Å². The van der Waals surface area contributed by atoms with E-state index in [4.69, 9.17) is 9.47 Å². The predicted molar refractivity (Wildman–Crippen MR) is 126 cm³/mol. The number of rotatable bonds is 7. The quantitative estimate of drug-likeness (QED) is 0.323. The number of anilines is 1. The number of benzene rings is 2. The van der Waals surface area contributed by atoms with Crippen molar-refractivity contribution in [3.63, 3.8) is 0 Å². The van der Waals surface area contributed by atoms with E-state index in [1.54, 1.807) is 57.7 Å². The van der Waals surface area contributed by atoms with E-state index in [2.05, 4.69) is 15.6 Å². The van der Waals surface area contributed by atoms with Gasteiger partial charge in [-0.05, 0) is 23.8 Å². The Hall–Kier alpha value is -2.05. The number of ether oxygens (including phenoxy) is 2. The molecule has 160 valence electrons. The maximum Gasteiger partial charge on any atom is 0.242 e. The van der Waals surface area contributed by atoms with Crippen molar-refractivity contribution in [3.05, 3.63) is 48.0 Å². The van der Waals surface area contributed by atoms with E-state index in [-0.39, 0.29) is 35.4 Å². The first-order valence-corrected chi connectivity index (χ1v) is 9.97. The molecule has 2 N–H and O–H groups in total. The first-order valence-electron chi connectivity index (χ1n) is 8.53. The highest BCUT2D eigenvalue weighted by atomic mass is 127. The van der Waals surface area contributed by atoms with Crippen molar-refractivity contribution in [3.8, 4) is 11.5 Å². The molecule has 0 spiro atoms. The molecule has 2 rings (SSSR count). The lowest BCUT2D eigenvalue weighted by molar-refractivity contribution is 0.355. The Morgan fingerprint density at radius 3 is 2.31 bits per heavy atom. The topological polar surface area (TPSA) is 92.3 Å². The van der Waals surface area contributed by atoms with Crippen molar-refractivity contribution in [2.45, 2.75) is 11.4 Å². The van der Waals surface area contributed by atoms with Gasteiger partial charge in [-0.1, -0.05) is 18.2 Å². The zero-order valence-corrected chi connectivity index (χ0v) is 20.2. The zero-order chi connectivity index (χ0) is 20.7. The van der Waals surface area contributed by atoms with Gasteiger partial charge in [0.05, 0.1) is 19.1 Å². The minimum absolute atomic E-state index is 0. The molecule has 0 bridgehead atoms. The summed E-state index contributed by atoms with van der Waals surface area (Å²) in [6.45, 7) is 0.288. The molecule has 0 atom stereocenters. The second-order valence-corrected chi connectivity index (χ2v) is 8.14. The molecule has 10 heteroatoms. The summed E-state index contributed by atoms with van der Waals surface area (Å²) in [5.41, 5.74) is 1.39. The van der Waals surface area contributed by atoms with E-state index in [1.807, 2.05) is 6.07 Å². The van der Waals surface area contributed by atoms with E-state index >= 15 is 0 Å². The second-order valence-electron chi connectivity index (χ2n) is 6.02. The van der Waals surface area contributed by atoms with Gasteiger partial charge in [-0.2, -0.15) is 0 Å². The zero-order valence-electron chi connectivity index (χ0n) is 17.1. The minimum Gasteiger partial charge on any atom is -0.493 e. The SMILES string of the molecule is CN=C(NCc1ccccc1S(=O)(=O)N(C)C)Nc1ccc(OC)c(OC)c1.I. The lowest BCUT2D eigenvalue weighted by Gasteiger charge is -2.17. The van der Waals surface area contributed by atoms with Crippen LogP contribution in [0.2, 0.25) is 0 Å². The van der Waals surface area contributed by atoms with Gasteiger partial charge < -0.3 is 20.1 Å². The average molecular weight is 534 g/mol. The summed E-state index contributed by atoms with van der Waals surface area (Å²) in [7, 11) is 4.26. The van der Waals surface area contributed by atoms with Gasteiger partial charge in [0.25, 0.3) is 0 Å². The van der Waals surface area contributed by atoms with Crippen LogP contribution in [-0.4, -0.2) is 54.0 Å². The van der Waals surface area contributed by atoms with Crippen molar-refractivity contribution in [2.75, 3.05) is 40.7 Å². The Morgan fingerprint density at radius 2 is 1.72 bits per heavy atom. The van der Waals surface area contributed by atoms with Gasteiger partial charge in [-0.25, -0.2) is 12.7 Å². The van der Waals surface area contributed by atoms with Crippen LogP contribution >= 0.6 is 24.0 Å². The molecule has 8 nitrogen and oxygen atoms in total. The molecule has 0 fully saturated rings. The lowest BCUT2D eigenvalue weighted by atomic mass is 10.2. The summed E-state index contributed by atoms with van der Waals surface area (Å²) < 4.78 is 36.8. The summed E-state index contributed by atoms with van der Waals surface area (Å²) in [5, 5.41) is 6.28. The predicted octanol–water partition coefficient (Wildman–Crippen LogP) is 2.76. The van der Waals surface area contributed by atoms with Crippen LogP contribution in [-0.2, 0) is 16.6 Å². The Morgan fingerprint density at radius 1 is 1.07 bits per heavy atom. The van der Waals surface area contributed by atoms with Crippen LogP contribution in [0.4, 0.5) is 5.69 Å². The molecule has 0 radical (unpaired) electrons. The minimum atomic E-state index is -3.54. The van der Waals surface area contributed by atoms with E-state index in [0.717, 1.165) is 5.69 Å². The van der Waals surface area contributed by atoms with Gasteiger partial charge in [0.1, 0.15) is 0 Å². The Balaban J connectivity index is 0.00000420. The second kappa shape index (κ2) is 11.2. The number of sulfonamides is 1. The highest BCUT2D eigenvalue weighted by molar-refractivity contribution is 14.0. The van der Waals surface area contributed by atoms with Crippen molar-refractivity contribution in [1.29, 1.82) is 0 Å². The molecular formula is C19H27IN4O4S. The molecule has 0 aliphatic carbocycles.